The Balaban J connectivity index is 1.79. The summed E-state index contributed by atoms with van der Waals surface area (Å²) >= 11 is 1.35. The summed E-state index contributed by atoms with van der Waals surface area (Å²) in [5, 5.41) is 27.3. The van der Waals surface area contributed by atoms with Gasteiger partial charge < -0.3 is 24.6 Å². The number of thioether (sulfide) groups is 1. The second-order valence-corrected chi connectivity index (χ2v) is 11.5. The molecule has 12 heteroatoms. The number of nitrogens with zero attached hydrogens (tertiary/aromatic N) is 3. The molecule has 3 N–H and O–H groups in total. The molecule has 1 aromatic rings. The van der Waals surface area contributed by atoms with E-state index in [1.807, 2.05) is 13.8 Å². The summed E-state index contributed by atoms with van der Waals surface area (Å²) in [6.07, 6.45) is 3.12. The van der Waals surface area contributed by atoms with E-state index in [2.05, 4.69) is 23.4 Å². The Morgan fingerprint density at radius 3 is 2.62 bits per heavy atom. The third kappa shape index (κ3) is 5.01. The lowest BCUT2D eigenvalue weighted by atomic mass is 9.79. The van der Waals surface area contributed by atoms with Gasteiger partial charge in [-0.1, -0.05) is 44.0 Å². The Kier molecular flexibility index (Phi) is 8.57. The molecule has 0 saturated carbocycles. The largest absolute Gasteiger partial charge is 0.457 e. The summed E-state index contributed by atoms with van der Waals surface area (Å²) < 4.78 is 10.8. The molecule has 11 nitrogen and oxygen atoms in total. The number of amides is 2. The van der Waals surface area contributed by atoms with Crippen LogP contribution in [-0.2, 0) is 32.1 Å². The molecule has 4 heterocycles. The molecule has 0 aliphatic carbocycles. The summed E-state index contributed by atoms with van der Waals surface area (Å²) in [6.45, 7) is 12.8. The van der Waals surface area contributed by atoms with Crippen LogP contribution in [0.4, 0.5) is 4.79 Å². The summed E-state index contributed by atoms with van der Waals surface area (Å²) in [5.74, 6) is -1.93. The van der Waals surface area contributed by atoms with Gasteiger partial charge in [0.25, 0.3) is 0 Å². The fourth-order valence-corrected chi connectivity index (χ4v) is 7.51. The van der Waals surface area contributed by atoms with Gasteiger partial charge in [0.05, 0.1) is 36.1 Å². The molecular weight excluding hydrogens is 524 g/mol. The molecule has 0 radical (unpaired) electrons. The Morgan fingerprint density at radius 2 is 2.00 bits per heavy atom. The summed E-state index contributed by atoms with van der Waals surface area (Å²) in [5.41, 5.74) is 2.19. The van der Waals surface area contributed by atoms with E-state index in [1.165, 1.54) is 28.8 Å². The average Bonchev–Trinajstić information content (AvgIpc) is 3.54. The Hall–Kier alpha value is -3.09. The highest BCUT2D eigenvalue weighted by atomic mass is 32.2. The number of aliphatic hydroxyl groups excluding tert-OH is 2. The van der Waals surface area contributed by atoms with Gasteiger partial charge in [0.2, 0.25) is 5.91 Å². The predicted molar refractivity (Wildman–Crippen MR) is 144 cm³/mol. The SMILES string of the molecule is C=CCOC(=O)C1=C(S[C@@]2(Cc3n[nH]c(CO)c3C)CCCN2C(=O)OCC=C)[C@H](C)[C@@H]2[C@@H]([C@@H](C)O)C(=O)N12. The van der Waals surface area contributed by atoms with Crippen molar-refractivity contribution >= 4 is 29.7 Å². The zero-order valence-electron chi connectivity index (χ0n) is 22.5. The van der Waals surface area contributed by atoms with E-state index < -0.39 is 35.0 Å². The number of rotatable bonds is 11. The number of ether oxygens (including phenoxy) is 2. The topological polar surface area (TPSA) is 145 Å². The van der Waals surface area contributed by atoms with Crippen LogP contribution in [0.25, 0.3) is 0 Å². The van der Waals surface area contributed by atoms with E-state index in [0.29, 0.717) is 42.1 Å². The monoisotopic (exact) mass is 560 g/mol. The van der Waals surface area contributed by atoms with Crippen LogP contribution in [0.3, 0.4) is 0 Å². The zero-order valence-corrected chi connectivity index (χ0v) is 23.3. The third-order valence-electron chi connectivity index (χ3n) is 7.73. The number of aliphatic hydroxyl groups is 2. The summed E-state index contributed by atoms with van der Waals surface area (Å²) in [4.78, 5) is 42.5. The number of fused-ring (bicyclic) bond motifs is 1. The molecule has 2 amide bonds. The minimum Gasteiger partial charge on any atom is -0.457 e. The van der Waals surface area contributed by atoms with Crippen LogP contribution in [0.1, 0.15) is 43.6 Å². The predicted octanol–water partition coefficient (Wildman–Crippen LogP) is 2.40. The lowest BCUT2D eigenvalue weighted by molar-refractivity contribution is -0.164. The van der Waals surface area contributed by atoms with Gasteiger partial charge in [0.1, 0.15) is 23.8 Å². The number of H-pyrrole nitrogens is 1. The number of aromatic nitrogens is 2. The highest BCUT2D eigenvalue weighted by molar-refractivity contribution is 8.04. The smallest absolute Gasteiger partial charge is 0.411 e. The summed E-state index contributed by atoms with van der Waals surface area (Å²) in [6, 6.07) is -0.404. The van der Waals surface area contributed by atoms with Crippen LogP contribution in [0.15, 0.2) is 35.9 Å². The molecule has 0 spiro atoms. The van der Waals surface area contributed by atoms with Gasteiger partial charge in [-0.05, 0) is 32.3 Å². The van der Waals surface area contributed by atoms with E-state index in [9.17, 15) is 24.6 Å². The van der Waals surface area contributed by atoms with Crippen molar-refractivity contribution in [2.24, 2.45) is 11.8 Å². The molecule has 212 valence electrons. The van der Waals surface area contributed by atoms with Crippen LogP contribution in [0.2, 0.25) is 0 Å². The second kappa shape index (κ2) is 11.6. The van der Waals surface area contributed by atoms with Crippen molar-refractivity contribution in [3.63, 3.8) is 0 Å². The lowest BCUT2D eigenvalue weighted by Gasteiger charge is -2.46. The van der Waals surface area contributed by atoms with E-state index in [1.54, 1.807) is 11.8 Å². The molecule has 4 rings (SSSR count). The molecule has 0 unspecified atom stereocenters. The number of carbonyl (C=O) groups excluding carboxylic acids is 3. The van der Waals surface area contributed by atoms with Gasteiger partial charge in [-0.2, -0.15) is 5.10 Å². The van der Waals surface area contributed by atoms with Gasteiger partial charge in [0, 0.05) is 23.8 Å². The fraction of sp³-hybridized carbons (Fsp3) is 0.556. The number of aromatic amines is 1. The molecule has 2 saturated heterocycles. The van der Waals surface area contributed by atoms with Crippen molar-refractivity contribution in [1.82, 2.24) is 20.0 Å². The Labute approximate surface area is 231 Å². The fourth-order valence-electron chi connectivity index (χ4n) is 5.76. The maximum absolute atomic E-state index is 13.3. The Morgan fingerprint density at radius 1 is 1.31 bits per heavy atom. The molecule has 0 aromatic carbocycles. The molecule has 39 heavy (non-hydrogen) atoms. The maximum Gasteiger partial charge on any atom is 0.411 e. The highest BCUT2D eigenvalue weighted by Gasteiger charge is 2.61. The number of nitrogens with one attached hydrogen (secondary N) is 1. The van der Waals surface area contributed by atoms with Crippen LogP contribution >= 0.6 is 11.8 Å². The first-order chi connectivity index (χ1) is 18.6. The van der Waals surface area contributed by atoms with Gasteiger partial charge in [-0.15, -0.1) is 0 Å². The summed E-state index contributed by atoms with van der Waals surface area (Å²) in [7, 11) is 0. The van der Waals surface area contributed by atoms with Crippen molar-refractivity contribution < 1.29 is 34.1 Å². The molecular formula is C27H36N4O7S. The van der Waals surface area contributed by atoms with Crippen LogP contribution < -0.4 is 0 Å². The average molecular weight is 561 g/mol. The zero-order chi connectivity index (χ0) is 28.5. The number of likely N-dealkylation sites (tertiary alicyclic amines) is 1. The van der Waals surface area contributed by atoms with E-state index >= 15 is 0 Å². The van der Waals surface area contributed by atoms with Crippen molar-refractivity contribution in [2.45, 2.75) is 63.7 Å². The van der Waals surface area contributed by atoms with E-state index in [4.69, 9.17) is 9.47 Å². The quantitative estimate of drug-likeness (QED) is 0.211. The number of β-lactam (4-membered cyclic amide) rings is 1. The highest BCUT2D eigenvalue weighted by Crippen LogP contribution is 2.56. The number of carbonyl (C=O) groups is 3. The van der Waals surface area contributed by atoms with Gasteiger partial charge in [-0.25, -0.2) is 9.59 Å². The van der Waals surface area contributed by atoms with Crippen molar-refractivity contribution in [3.8, 4) is 0 Å². The normalized spacial score (nSPS) is 26.8. The number of hydrogen-bond acceptors (Lipinski definition) is 9. The number of hydrogen-bond donors (Lipinski definition) is 3. The van der Waals surface area contributed by atoms with Gasteiger partial charge >= 0.3 is 12.1 Å². The van der Waals surface area contributed by atoms with Crippen LogP contribution in [0.5, 0.6) is 0 Å². The lowest BCUT2D eigenvalue weighted by Crippen LogP contribution is -2.63. The minimum absolute atomic E-state index is 0.0251. The first-order valence-electron chi connectivity index (χ1n) is 13.0. The van der Waals surface area contributed by atoms with Crippen molar-refractivity contribution in [2.75, 3.05) is 19.8 Å². The molecule has 3 aliphatic rings. The first kappa shape index (κ1) is 28.9. The standard InChI is InChI=1S/C27H36N4O7S/c1-6-11-37-25(35)22-23(16(4)21-20(17(5)33)24(34)31(21)22)39-27(13-18-15(3)19(14-32)29-28-18)9-8-10-30(27)26(36)38-12-7-2/h6-7,16-17,20-21,32-33H,1-2,8-14H2,3-5H3,(H,28,29)/t16-,17-,20-,21-,27-/m1/s1. The third-order valence-corrected chi connectivity index (χ3v) is 9.47. The number of esters is 1. The first-order valence-corrected chi connectivity index (χ1v) is 13.8. The van der Waals surface area contributed by atoms with E-state index in [-0.39, 0.29) is 37.3 Å². The maximum atomic E-state index is 13.3. The van der Waals surface area contributed by atoms with Gasteiger partial charge in [0.15, 0.2) is 0 Å². The minimum atomic E-state index is -0.896. The molecule has 3 aliphatic heterocycles. The molecule has 0 bridgehead atoms. The van der Waals surface area contributed by atoms with Gasteiger partial charge in [-0.3, -0.25) is 14.8 Å². The second-order valence-electron chi connectivity index (χ2n) is 10.1. The van der Waals surface area contributed by atoms with Crippen LogP contribution in [-0.4, -0.2) is 85.0 Å². The Bertz CT molecular complexity index is 1190. The van der Waals surface area contributed by atoms with Crippen LogP contribution in [0, 0.1) is 18.8 Å². The molecule has 2 fully saturated rings. The molecule has 1 aromatic heterocycles. The van der Waals surface area contributed by atoms with Crippen molar-refractivity contribution in [3.05, 3.63) is 52.9 Å². The molecule has 5 atom stereocenters. The van der Waals surface area contributed by atoms with E-state index in [0.717, 1.165) is 5.56 Å². The van der Waals surface area contributed by atoms with Crippen molar-refractivity contribution in [1.29, 1.82) is 0 Å².